The van der Waals surface area contributed by atoms with Crippen LogP contribution in [0.15, 0.2) is 24.5 Å². The molecule has 0 saturated carbocycles. The molecule has 0 aliphatic rings. The second kappa shape index (κ2) is 7.46. The van der Waals surface area contributed by atoms with Gasteiger partial charge < -0.3 is 14.8 Å². The molecule has 1 N–H and O–H groups in total. The number of aromatic nitrogens is 2. The Morgan fingerprint density at radius 3 is 2.87 bits per heavy atom. The lowest BCUT2D eigenvalue weighted by Gasteiger charge is -2.18. The van der Waals surface area contributed by atoms with E-state index in [0.29, 0.717) is 17.8 Å². The third-order valence-electron chi connectivity index (χ3n) is 3.65. The number of hydrogen-bond donors (Lipinski definition) is 1. The third-order valence-corrected chi connectivity index (χ3v) is 3.96. The maximum Gasteiger partial charge on any atom is 0.321 e. The average Bonchev–Trinajstić information content (AvgIpc) is 2.90. The van der Waals surface area contributed by atoms with Crippen LogP contribution in [0.3, 0.4) is 0 Å². The number of amides is 2. The van der Waals surface area contributed by atoms with Gasteiger partial charge in [0.1, 0.15) is 11.6 Å². The van der Waals surface area contributed by atoms with Crippen molar-refractivity contribution in [2.24, 2.45) is 7.05 Å². The highest BCUT2D eigenvalue weighted by atomic mass is 35.5. The predicted octanol–water partition coefficient (Wildman–Crippen LogP) is 3.62. The Balaban J connectivity index is 1.88. The van der Waals surface area contributed by atoms with Crippen LogP contribution in [0.5, 0.6) is 0 Å². The van der Waals surface area contributed by atoms with E-state index in [0.717, 1.165) is 18.7 Å². The Morgan fingerprint density at radius 2 is 2.22 bits per heavy atom. The highest BCUT2D eigenvalue weighted by Crippen LogP contribution is 2.25. The van der Waals surface area contributed by atoms with E-state index in [1.165, 1.54) is 12.1 Å². The molecule has 2 rings (SSSR count). The maximum absolute atomic E-state index is 13.4. The van der Waals surface area contributed by atoms with E-state index < -0.39 is 5.82 Å². The minimum absolute atomic E-state index is 0.183. The molecule has 1 heterocycles. The summed E-state index contributed by atoms with van der Waals surface area (Å²) in [6, 6.07) is 2.45. The number of aryl methyl sites for hydroxylation is 3. The lowest BCUT2D eigenvalue weighted by Crippen LogP contribution is -2.32. The van der Waals surface area contributed by atoms with Gasteiger partial charge in [-0.1, -0.05) is 11.6 Å². The molecule has 5 nitrogen and oxygen atoms in total. The predicted molar refractivity (Wildman–Crippen MR) is 89.3 cm³/mol. The van der Waals surface area contributed by atoms with Gasteiger partial charge in [-0.3, -0.25) is 0 Å². The number of benzene rings is 1. The van der Waals surface area contributed by atoms with Crippen LogP contribution < -0.4 is 5.32 Å². The lowest BCUT2D eigenvalue weighted by atomic mass is 10.2. The Hall–Kier alpha value is -2.08. The van der Waals surface area contributed by atoms with Gasteiger partial charge in [0.05, 0.1) is 10.7 Å². The number of nitrogens with zero attached hydrogens (tertiary/aromatic N) is 3. The van der Waals surface area contributed by atoms with Crippen molar-refractivity contribution in [3.63, 3.8) is 0 Å². The van der Waals surface area contributed by atoms with Crippen LogP contribution in [0.2, 0.25) is 5.02 Å². The van der Waals surface area contributed by atoms with E-state index in [4.69, 9.17) is 11.6 Å². The fourth-order valence-corrected chi connectivity index (χ4v) is 2.37. The molecule has 2 amide bonds. The van der Waals surface area contributed by atoms with Crippen molar-refractivity contribution >= 4 is 23.3 Å². The number of anilines is 1. The van der Waals surface area contributed by atoms with Crippen molar-refractivity contribution in [3.8, 4) is 0 Å². The molecule has 0 aliphatic carbocycles. The number of carbonyl (C=O) groups is 1. The van der Waals surface area contributed by atoms with Crippen molar-refractivity contribution in [2.45, 2.75) is 19.8 Å². The van der Waals surface area contributed by atoms with Crippen molar-refractivity contribution in [1.29, 1.82) is 0 Å². The number of carbonyl (C=O) groups excluding carboxylic acids is 1. The van der Waals surface area contributed by atoms with Crippen molar-refractivity contribution in [1.82, 2.24) is 14.5 Å². The molecular weight excluding hydrogens is 319 g/mol. The molecule has 124 valence electrons. The van der Waals surface area contributed by atoms with E-state index in [1.54, 1.807) is 25.1 Å². The van der Waals surface area contributed by atoms with Crippen LogP contribution in [-0.4, -0.2) is 34.1 Å². The molecule has 0 saturated heterocycles. The van der Waals surface area contributed by atoms with Gasteiger partial charge in [-0.25, -0.2) is 14.2 Å². The molecular formula is C16H20ClFN4O. The van der Waals surface area contributed by atoms with Gasteiger partial charge in [0.2, 0.25) is 0 Å². The first-order valence-electron chi connectivity index (χ1n) is 7.32. The number of halogens is 2. The van der Waals surface area contributed by atoms with Crippen LogP contribution in [0.25, 0.3) is 0 Å². The Bertz CT molecular complexity index is 701. The average molecular weight is 339 g/mol. The van der Waals surface area contributed by atoms with Crippen molar-refractivity contribution < 1.29 is 9.18 Å². The van der Waals surface area contributed by atoms with Crippen LogP contribution in [-0.2, 0) is 13.5 Å². The largest absolute Gasteiger partial charge is 0.338 e. The van der Waals surface area contributed by atoms with Gasteiger partial charge in [-0.05, 0) is 31.0 Å². The molecule has 0 unspecified atom stereocenters. The van der Waals surface area contributed by atoms with E-state index >= 15 is 0 Å². The SMILES string of the molecule is Cc1cc(NC(=O)N(C)CCCc2nccn2C)c(Cl)cc1F. The summed E-state index contributed by atoms with van der Waals surface area (Å²) in [6.07, 6.45) is 5.23. The Morgan fingerprint density at radius 1 is 1.48 bits per heavy atom. The molecule has 0 radical (unpaired) electrons. The fraction of sp³-hybridized carbons (Fsp3) is 0.375. The zero-order valence-electron chi connectivity index (χ0n) is 13.4. The number of nitrogens with one attached hydrogen (secondary N) is 1. The van der Waals surface area contributed by atoms with Gasteiger partial charge in [0.15, 0.2) is 0 Å². The van der Waals surface area contributed by atoms with E-state index in [-0.39, 0.29) is 11.1 Å². The third kappa shape index (κ3) is 4.45. The quantitative estimate of drug-likeness (QED) is 0.905. The van der Waals surface area contributed by atoms with Gasteiger partial charge in [0.25, 0.3) is 0 Å². The summed E-state index contributed by atoms with van der Waals surface area (Å²) in [5.41, 5.74) is 0.841. The van der Waals surface area contributed by atoms with E-state index in [2.05, 4.69) is 10.3 Å². The van der Waals surface area contributed by atoms with Gasteiger partial charge >= 0.3 is 6.03 Å². The molecule has 7 heteroatoms. The fourth-order valence-electron chi connectivity index (χ4n) is 2.18. The number of urea groups is 1. The van der Waals surface area contributed by atoms with Crippen LogP contribution in [0.4, 0.5) is 14.9 Å². The number of rotatable bonds is 5. The summed E-state index contributed by atoms with van der Waals surface area (Å²) >= 11 is 5.96. The van der Waals surface area contributed by atoms with E-state index in [9.17, 15) is 9.18 Å². The first-order valence-corrected chi connectivity index (χ1v) is 7.70. The Labute approximate surface area is 140 Å². The molecule has 0 atom stereocenters. The van der Waals surface area contributed by atoms with Gasteiger partial charge in [-0.2, -0.15) is 0 Å². The summed E-state index contributed by atoms with van der Waals surface area (Å²) < 4.78 is 15.3. The first-order chi connectivity index (χ1) is 10.9. The molecule has 2 aromatic rings. The first kappa shape index (κ1) is 17.3. The van der Waals surface area contributed by atoms with Crippen molar-refractivity contribution in [3.05, 3.63) is 46.8 Å². The Kier molecular flexibility index (Phi) is 5.60. The summed E-state index contributed by atoms with van der Waals surface area (Å²) in [5, 5.41) is 2.88. The molecule has 0 aliphatic heterocycles. The smallest absolute Gasteiger partial charge is 0.321 e. The highest BCUT2D eigenvalue weighted by molar-refractivity contribution is 6.33. The summed E-state index contributed by atoms with van der Waals surface area (Å²) in [6.45, 7) is 2.20. The number of hydrogen-bond acceptors (Lipinski definition) is 2. The molecule has 0 bridgehead atoms. The minimum atomic E-state index is -0.392. The van der Waals surface area contributed by atoms with Gasteiger partial charge in [-0.15, -0.1) is 0 Å². The minimum Gasteiger partial charge on any atom is -0.338 e. The lowest BCUT2D eigenvalue weighted by molar-refractivity contribution is 0.222. The van der Waals surface area contributed by atoms with Crippen LogP contribution >= 0.6 is 11.6 Å². The monoisotopic (exact) mass is 338 g/mol. The molecule has 23 heavy (non-hydrogen) atoms. The number of imidazole rings is 1. The maximum atomic E-state index is 13.4. The van der Waals surface area contributed by atoms with Crippen LogP contribution in [0.1, 0.15) is 17.8 Å². The normalized spacial score (nSPS) is 10.7. The topological polar surface area (TPSA) is 50.2 Å². The standard InChI is InChI=1S/C16H20ClFN4O/c1-11-9-14(12(17)10-13(11)18)20-16(23)22(3)7-4-5-15-19-6-8-21(15)2/h6,8-10H,4-5,7H2,1-3H3,(H,20,23). The van der Waals surface area contributed by atoms with Crippen LogP contribution in [0, 0.1) is 12.7 Å². The van der Waals surface area contributed by atoms with Crippen molar-refractivity contribution in [2.75, 3.05) is 18.9 Å². The molecule has 0 spiro atoms. The molecule has 1 aromatic carbocycles. The summed E-state index contributed by atoms with van der Waals surface area (Å²) in [5.74, 6) is 0.590. The second-order valence-electron chi connectivity index (χ2n) is 5.49. The molecule has 1 aromatic heterocycles. The second-order valence-corrected chi connectivity index (χ2v) is 5.90. The molecule has 0 fully saturated rings. The van der Waals surface area contributed by atoms with Gasteiger partial charge in [0, 0.05) is 39.5 Å². The highest BCUT2D eigenvalue weighted by Gasteiger charge is 2.12. The zero-order chi connectivity index (χ0) is 17.0. The zero-order valence-corrected chi connectivity index (χ0v) is 14.2. The summed E-state index contributed by atoms with van der Waals surface area (Å²) in [4.78, 5) is 18.0. The van der Waals surface area contributed by atoms with E-state index in [1.807, 2.05) is 17.8 Å². The summed E-state index contributed by atoms with van der Waals surface area (Å²) in [7, 11) is 3.65.